The summed E-state index contributed by atoms with van der Waals surface area (Å²) in [7, 11) is 0. The first-order chi connectivity index (χ1) is 9.69. The molecule has 0 amide bonds. The summed E-state index contributed by atoms with van der Waals surface area (Å²) in [5.74, 6) is 0. The van der Waals surface area contributed by atoms with Crippen molar-refractivity contribution >= 4 is 12.2 Å². The first kappa shape index (κ1) is 14.5. The van der Waals surface area contributed by atoms with Gasteiger partial charge in [-0.1, -0.05) is 60.2 Å². The Hall–Kier alpha value is -1.86. The second-order valence-corrected chi connectivity index (χ2v) is 5.33. The summed E-state index contributed by atoms with van der Waals surface area (Å²) in [5, 5.41) is 0. The van der Waals surface area contributed by atoms with Crippen molar-refractivity contribution in [2.24, 2.45) is 5.73 Å². The average Bonchev–Trinajstić information content (AvgIpc) is 2.46. The van der Waals surface area contributed by atoms with E-state index in [4.69, 9.17) is 5.73 Å². The summed E-state index contributed by atoms with van der Waals surface area (Å²) in [6, 6.07) is 15.2. The van der Waals surface area contributed by atoms with Crippen molar-refractivity contribution in [2.75, 3.05) is 6.54 Å². The quantitative estimate of drug-likeness (QED) is 0.798. The Labute approximate surface area is 122 Å². The summed E-state index contributed by atoms with van der Waals surface area (Å²) in [4.78, 5) is 0. The van der Waals surface area contributed by atoms with E-state index in [0.717, 1.165) is 19.4 Å². The van der Waals surface area contributed by atoms with E-state index in [0.29, 0.717) is 0 Å². The van der Waals surface area contributed by atoms with Crippen molar-refractivity contribution in [3.05, 3.63) is 70.3 Å². The van der Waals surface area contributed by atoms with E-state index < -0.39 is 0 Å². The molecular formula is C19H23N. The summed E-state index contributed by atoms with van der Waals surface area (Å²) < 4.78 is 0. The van der Waals surface area contributed by atoms with Gasteiger partial charge in [0.2, 0.25) is 0 Å². The predicted octanol–water partition coefficient (Wildman–Crippen LogP) is 4.37. The maximum absolute atomic E-state index is 5.57. The molecule has 0 heterocycles. The highest BCUT2D eigenvalue weighted by Crippen LogP contribution is 2.15. The van der Waals surface area contributed by atoms with Gasteiger partial charge in [-0.3, -0.25) is 0 Å². The molecule has 0 saturated heterocycles. The van der Waals surface area contributed by atoms with Gasteiger partial charge in [-0.15, -0.1) is 0 Å². The zero-order valence-corrected chi connectivity index (χ0v) is 12.4. The van der Waals surface area contributed by atoms with Crippen LogP contribution < -0.4 is 5.73 Å². The van der Waals surface area contributed by atoms with Gasteiger partial charge in [0.1, 0.15) is 0 Å². The molecule has 2 aromatic rings. The molecule has 0 bridgehead atoms. The lowest BCUT2D eigenvalue weighted by Crippen LogP contribution is -2.00. The molecule has 0 atom stereocenters. The number of aryl methyl sites for hydroxylation is 3. The Kier molecular flexibility index (Phi) is 5.14. The van der Waals surface area contributed by atoms with Crippen LogP contribution in [0.1, 0.15) is 34.2 Å². The third-order valence-electron chi connectivity index (χ3n) is 3.51. The van der Waals surface area contributed by atoms with Gasteiger partial charge in [-0.25, -0.2) is 0 Å². The zero-order chi connectivity index (χ0) is 14.4. The molecule has 0 spiro atoms. The molecule has 0 saturated carbocycles. The number of rotatable bonds is 5. The highest BCUT2D eigenvalue weighted by molar-refractivity contribution is 5.71. The van der Waals surface area contributed by atoms with Crippen LogP contribution in [0.3, 0.4) is 0 Å². The van der Waals surface area contributed by atoms with E-state index in [1.54, 1.807) is 0 Å². The Morgan fingerprint density at radius 2 is 1.85 bits per heavy atom. The fourth-order valence-corrected chi connectivity index (χ4v) is 2.28. The lowest BCUT2D eigenvalue weighted by atomic mass is 10.0. The first-order valence-corrected chi connectivity index (χ1v) is 7.23. The molecule has 104 valence electrons. The third-order valence-corrected chi connectivity index (χ3v) is 3.51. The summed E-state index contributed by atoms with van der Waals surface area (Å²) in [6.45, 7) is 5.03. The minimum absolute atomic E-state index is 0.753. The van der Waals surface area contributed by atoms with Gasteiger partial charge < -0.3 is 5.73 Å². The van der Waals surface area contributed by atoms with Gasteiger partial charge in [0.25, 0.3) is 0 Å². The summed E-state index contributed by atoms with van der Waals surface area (Å²) in [6.07, 6.45) is 6.49. The number of benzene rings is 2. The Morgan fingerprint density at radius 1 is 1.00 bits per heavy atom. The number of hydrogen-bond acceptors (Lipinski definition) is 1. The zero-order valence-electron chi connectivity index (χ0n) is 12.4. The van der Waals surface area contributed by atoms with Gasteiger partial charge in [-0.2, -0.15) is 0 Å². The maximum Gasteiger partial charge on any atom is -0.00741 e. The third kappa shape index (κ3) is 4.07. The van der Waals surface area contributed by atoms with E-state index in [1.165, 1.54) is 27.8 Å². The molecule has 0 aliphatic rings. The maximum atomic E-state index is 5.57. The predicted molar refractivity (Wildman–Crippen MR) is 88.7 cm³/mol. The average molecular weight is 265 g/mol. The lowest BCUT2D eigenvalue weighted by Gasteiger charge is -2.03. The Morgan fingerprint density at radius 3 is 2.65 bits per heavy atom. The van der Waals surface area contributed by atoms with E-state index >= 15 is 0 Å². The molecule has 1 heteroatoms. The monoisotopic (exact) mass is 265 g/mol. The van der Waals surface area contributed by atoms with Crippen molar-refractivity contribution in [1.82, 2.24) is 0 Å². The van der Waals surface area contributed by atoms with Crippen molar-refractivity contribution in [3.8, 4) is 0 Å². The molecular weight excluding hydrogens is 242 g/mol. The van der Waals surface area contributed by atoms with Gasteiger partial charge in [0.05, 0.1) is 0 Å². The molecule has 0 unspecified atom stereocenters. The van der Waals surface area contributed by atoms with Crippen LogP contribution in [0, 0.1) is 13.8 Å². The van der Waals surface area contributed by atoms with Gasteiger partial charge in [0, 0.05) is 0 Å². The van der Waals surface area contributed by atoms with Crippen LogP contribution >= 0.6 is 0 Å². The SMILES string of the molecule is Cc1ccc(C)c(/C=C\c2cccc(CCCN)c2)c1. The fraction of sp³-hybridized carbons (Fsp3) is 0.263. The second kappa shape index (κ2) is 7.06. The normalized spacial score (nSPS) is 11.2. The van der Waals surface area contributed by atoms with Gasteiger partial charge in [0.15, 0.2) is 0 Å². The van der Waals surface area contributed by atoms with Crippen molar-refractivity contribution in [2.45, 2.75) is 26.7 Å². The molecule has 0 aliphatic carbocycles. The van der Waals surface area contributed by atoms with E-state index in [9.17, 15) is 0 Å². The summed E-state index contributed by atoms with van der Waals surface area (Å²) >= 11 is 0. The van der Waals surface area contributed by atoms with Crippen LogP contribution in [0.5, 0.6) is 0 Å². The highest BCUT2D eigenvalue weighted by atomic mass is 14.5. The van der Waals surface area contributed by atoms with E-state index in [2.05, 4.69) is 68.5 Å². The van der Waals surface area contributed by atoms with E-state index in [1.807, 2.05) is 0 Å². The standard InChI is InChI=1S/C19H23N/c1-15-8-9-16(2)19(13-15)11-10-18-6-3-5-17(14-18)7-4-12-20/h3,5-6,8-11,13-14H,4,7,12,20H2,1-2H3/b11-10-. The van der Waals surface area contributed by atoms with Crippen LogP contribution in [0.2, 0.25) is 0 Å². The molecule has 0 aliphatic heterocycles. The number of nitrogens with two attached hydrogens (primary N) is 1. The lowest BCUT2D eigenvalue weighted by molar-refractivity contribution is 0.832. The van der Waals surface area contributed by atoms with Crippen LogP contribution in [0.15, 0.2) is 42.5 Å². The number of hydrogen-bond donors (Lipinski definition) is 1. The molecule has 2 rings (SSSR count). The minimum atomic E-state index is 0.753. The topological polar surface area (TPSA) is 26.0 Å². The second-order valence-electron chi connectivity index (χ2n) is 5.33. The van der Waals surface area contributed by atoms with Crippen LogP contribution in [0.4, 0.5) is 0 Å². The molecule has 2 aromatic carbocycles. The molecule has 0 aromatic heterocycles. The van der Waals surface area contributed by atoms with Crippen molar-refractivity contribution in [1.29, 1.82) is 0 Å². The molecule has 20 heavy (non-hydrogen) atoms. The van der Waals surface area contributed by atoms with Crippen LogP contribution in [0.25, 0.3) is 12.2 Å². The highest BCUT2D eigenvalue weighted by Gasteiger charge is 1.96. The van der Waals surface area contributed by atoms with Crippen LogP contribution in [-0.2, 0) is 6.42 Å². The van der Waals surface area contributed by atoms with Crippen LogP contribution in [-0.4, -0.2) is 6.54 Å². The van der Waals surface area contributed by atoms with Crippen molar-refractivity contribution in [3.63, 3.8) is 0 Å². The summed E-state index contributed by atoms with van der Waals surface area (Å²) in [5.41, 5.74) is 12.1. The molecule has 1 nitrogen and oxygen atoms in total. The molecule has 0 radical (unpaired) electrons. The van der Waals surface area contributed by atoms with Gasteiger partial charge >= 0.3 is 0 Å². The Balaban J connectivity index is 2.16. The molecule has 0 fully saturated rings. The Bertz CT molecular complexity index is 596. The van der Waals surface area contributed by atoms with Crippen molar-refractivity contribution < 1.29 is 0 Å². The van der Waals surface area contributed by atoms with E-state index in [-0.39, 0.29) is 0 Å². The smallest absolute Gasteiger partial charge is 0.00741 e. The minimum Gasteiger partial charge on any atom is -0.330 e. The largest absolute Gasteiger partial charge is 0.330 e. The van der Waals surface area contributed by atoms with Gasteiger partial charge in [-0.05, 0) is 55.5 Å². The first-order valence-electron chi connectivity index (χ1n) is 7.23. The fourth-order valence-electron chi connectivity index (χ4n) is 2.28. The molecule has 2 N–H and O–H groups in total.